The van der Waals surface area contributed by atoms with Gasteiger partial charge in [-0.1, -0.05) is 13.3 Å². The smallest absolute Gasteiger partial charge is 0.250 e. The van der Waals surface area contributed by atoms with E-state index >= 15 is 0 Å². The van der Waals surface area contributed by atoms with E-state index in [0.717, 1.165) is 12.8 Å². The summed E-state index contributed by atoms with van der Waals surface area (Å²) in [4.78, 5) is 12.9. The first kappa shape index (κ1) is 11.0. The Bertz CT molecular complexity index is 195. The van der Waals surface area contributed by atoms with Crippen molar-refractivity contribution in [1.29, 1.82) is 0 Å². The fourth-order valence-electron chi connectivity index (χ4n) is 0.930. The van der Waals surface area contributed by atoms with Crippen LogP contribution >= 0.6 is 0 Å². The molecule has 12 heavy (non-hydrogen) atoms. The summed E-state index contributed by atoms with van der Waals surface area (Å²) in [6.45, 7) is 3.81. The number of likely N-dealkylation sites (N-methyl/N-ethyl adjacent to an activating group) is 1. The first-order chi connectivity index (χ1) is 5.50. The highest BCUT2D eigenvalue weighted by molar-refractivity contribution is 5.93. The van der Waals surface area contributed by atoms with Crippen molar-refractivity contribution in [3.63, 3.8) is 0 Å². The van der Waals surface area contributed by atoms with Crippen LogP contribution in [0.25, 0.3) is 0 Å². The van der Waals surface area contributed by atoms with Crippen LogP contribution in [0, 0.1) is 0 Å². The van der Waals surface area contributed by atoms with E-state index < -0.39 is 0 Å². The van der Waals surface area contributed by atoms with Crippen molar-refractivity contribution in [2.75, 3.05) is 14.1 Å². The Balaban J connectivity index is 4.43. The first-order valence-corrected chi connectivity index (χ1v) is 4.17. The van der Waals surface area contributed by atoms with Crippen LogP contribution in [0.3, 0.4) is 0 Å². The van der Waals surface area contributed by atoms with Crippen LogP contribution in [-0.2, 0) is 4.79 Å². The zero-order valence-electron chi connectivity index (χ0n) is 8.35. The summed E-state index contributed by atoms with van der Waals surface area (Å²) in [7, 11) is 3.45. The van der Waals surface area contributed by atoms with Crippen LogP contribution in [0.15, 0.2) is 11.3 Å². The highest BCUT2D eigenvalue weighted by Gasteiger charge is 2.09. The van der Waals surface area contributed by atoms with Crippen LogP contribution in [0.4, 0.5) is 0 Å². The van der Waals surface area contributed by atoms with Crippen molar-refractivity contribution in [1.82, 2.24) is 4.90 Å². The minimum atomic E-state index is 0.000880. The van der Waals surface area contributed by atoms with Gasteiger partial charge in [-0.05, 0) is 13.3 Å². The van der Waals surface area contributed by atoms with Gasteiger partial charge < -0.3 is 10.6 Å². The van der Waals surface area contributed by atoms with Gasteiger partial charge in [0, 0.05) is 25.4 Å². The van der Waals surface area contributed by atoms with E-state index in [1.54, 1.807) is 21.0 Å². The molecule has 0 saturated carbocycles. The van der Waals surface area contributed by atoms with E-state index in [2.05, 4.69) is 0 Å². The fraction of sp³-hybridized carbons (Fsp3) is 0.667. The largest absolute Gasteiger partial charge is 0.402 e. The van der Waals surface area contributed by atoms with Crippen LogP contribution in [0.1, 0.15) is 26.7 Å². The maximum absolute atomic E-state index is 11.3. The lowest BCUT2D eigenvalue weighted by Crippen LogP contribution is -2.24. The Morgan fingerprint density at radius 2 is 1.92 bits per heavy atom. The lowest BCUT2D eigenvalue weighted by molar-refractivity contribution is -0.124. The second-order valence-electron chi connectivity index (χ2n) is 3.10. The van der Waals surface area contributed by atoms with Crippen molar-refractivity contribution >= 4 is 5.91 Å². The molecule has 0 aromatic carbocycles. The van der Waals surface area contributed by atoms with Crippen LogP contribution in [0.2, 0.25) is 0 Å². The number of carbonyl (C=O) groups is 1. The van der Waals surface area contributed by atoms with E-state index in [0.29, 0.717) is 11.3 Å². The summed E-state index contributed by atoms with van der Waals surface area (Å²) >= 11 is 0. The van der Waals surface area contributed by atoms with Crippen LogP contribution < -0.4 is 5.73 Å². The summed E-state index contributed by atoms with van der Waals surface area (Å²) in [5, 5.41) is 0. The number of rotatable bonds is 3. The Morgan fingerprint density at radius 3 is 2.25 bits per heavy atom. The quantitative estimate of drug-likeness (QED) is 0.645. The summed E-state index contributed by atoms with van der Waals surface area (Å²) in [6.07, 6.45) is 1.77. The SMILES string of the molecule is CCC/C(N)=C(\C)C(=O)N(C)C. The molecule has 0 saturated heterocycles. The summed E-state index contributed by atoms with van der Waals surface area (Å²) in [5.41, 5.74) is 7.07. The number of nitrogens with two attached hydrogens (primary N) is 1. The molecule has 3 heteroatoms. The molecule has 0 aliphatic heterocycles. The van der Waals surface area contributed by atoms with Gasteiger partial charge in [-0.15, -0.1) is 0 Å². The van der Waals surface area contributed by atoms with E-state index in [9.17, 15) is 4.79 Å². The van der Waals surface area contributed by atoms with Crippen molar-refractivity contribution < 1.29 is 4.79 Å². The van der Waals surface area contributed by atoms with Gasteiger partial charge in [-0.2, -0.15) is 0 Å². The third-order valence-corrected chi connectivity index (χ3v) is 1.73. The highest BCUT2D eigenvalue weighted by atomic mass is 16.2. The van der Waals surface area contributed by atoms with Gasteiger partial charge in [0.2, 0.25) is 0 Å². The van der Waals surface area contributed by atoms with Gasteiger partial charge in [-0.3, -0.25) is 4.79 Å². The number of hydrogen-bond donors (Lipinski definition) is 1. The second kappa shape index (κ2) is 4.80. The average molecular weight is 170 g/mol. The molecule has 0 rings (SSSR count). The van der Waals surface area contributed by atoms with Crippen LogP contribution in [-0.4, -0.2) is 24.9 Å². The van der Waals surface area contributed by atoms with Crippen molar-refractivity contribution in [2.24, 2.45) is 5.73 Å². The molecule has 70 valence electrons. The summed E-state index contributed by atoms with van der Waals surface area (Å²) < 4.78 is 0. The average Bonchev–Trinajstić information content (AvgIpc) is 2.02. The topological polar surface area (TPSA) is 46.3 Å². The van der Waals surface area contributed by atoms with Crippen molar-refractivity contribution in [2.45, 2.75) is 26.7 Å². The molecule has 0 unspecified atom stereocenters. The minimum Gasteiger partial charge on any atom is -0.402 e. The molecular formula is C9H18N2O. The monoisotopic (exact) mass is 170 g/mol. The lowest BCUT2D eigenvalue weighted by atomic mass is 10.1. The molecule has 0 aliphatic carbocycles. The highest BCUT2D eigenvalue weighted by Crippen LogP contribution is 2.06. The molecule has 0 radical (unpaired) electrons. The van der Waals surface area contributed by atoms with Crippen molar-refractivity contribution in [3.8, 4) is 0 Å². The van der Waals surface area contributed by atoms with Gasteiger partial charge in [0.25, 0.3) is 5.91 Å². The Hall–Kier alpha value is -0.990. The molecule has 0 bridgehead atoms. The predicted octanol–water partition coefficient (Wildman–Crippen LogP) is 1.11. The van der Waals surface area contributed by atoms with Crippen LogP contribution in [0.5, 0.6) is 0 Å². The van der Waals surface area contributed by atoms with Gasteiger partial charge in [-0.25, -0.2) is 0 Å². The van der Waals surface area contributed by atoms with E-state index in [4.69, 9.17) is 5.73 Å². The van der Waals surface area contributed by atoms with Gasteiger partial charge in [0.1, 0.15) is 0 Å². The zero-order chi connectivity index (χ0) is 9.72. The Morgan fingerprint density at radius 1 is 1.42 bits per heavy atom. The second-order valence-corrected chi connectivity index (χ2v) is 3.10. The number of hydrogen-bond acceptors (Lipinski definition) is 2. The molecule has 3 nitrogen and oxygen atoms in total. The van der Waals surface area contributed by atoms with Gasteiger partial charge >= 0.3 is 0 Å². The third-order valence-electron chi connectivity index (χ3n) is 1.73. The standard InChI is InChI=1S/C9H18N2O/c1-5-6-8(10)7(2)9(12)11(3)4/h5-6,10H2,1-4H3/b8-7-. The number of allylic oxidation sites excluding steroid dienone is 1. The molecule has 0 aromatic heterocycles. The molecule has 1 amide bonds. The zero-order valence-corrected chi connectivity index (χ0v) is 8.35. The minimum absolute atomic E-state index is 0.000880. The third kappa shape index (κ3) is 2.95. The molecule has 0 aliphatic rings. The normalized spacial score (nSPS) is 12.3. The molecule has 2 N–H and O–H groups in total. The Kier molecular flexibility index (Phi) is 4.40. The summed E-state index contributed by atoms with van der Waals surface area (Å²) in [5.74, 6) is 0.000880. The van der Waals surface area contributed by atoms with E-state index in [1.165, 1.54) is 4.90 Å². The predicted molar refractivity (Wildman–Crippen MR) is 50.5 cm³/mol. The maximum Gasteiger partial charge on any atom is 0.250 e. The van der Waals surface area contributed by atoms with E-state index in [1.807, 2.05) is 6.92 Å². The summed E-state index contributed by atoms with van der Waals surface area (Å²) in [6, 6.07) is 0. The Labute approximate surface area is 74.2 Å². The fourth-order valence-corrected chi connectivity index (χ4v) is 0.930. The lowest BCUT2D eigenvalue weighted by Gasteiger charge is -2.12. The van der Waals surface area contributed by atoms with Crippen molar-refractivity contribution in [3.05, 3.63) is 11.3 Å². The molecule has 0 aromatic rings. The first-order valence-electron chi connectivity index (χ1n) is 4.17. The molecular weight excluding hydrogens is 152 g/mol. The van der Waals surface area contributed by atoms with E-state index in [-0.39, 0.29) is 5.91 Å². The molecule has 0 atom stereocenters. The number of nitrogens with zero attached hydrogens (tertiary/aromatic N) is 1. The maximum atomic E-state index is 11.3. The molecule has 0 heterocycles. The van der Waals surface area contributed by atoms with Gasteiger partial charge in [0.05, 0.1) is 0 Å². The molecule has 0 fully saturated rings. The number of carbonyl (C=O) groups excluding carboxylic acids is 1. The molecule has 0 spiro atoms. The number of amides is 1. The van der Waals surface area contributed by atoms with Gasteiger partial charge in [0.15, 0.2) is 0 Å².